The summed E-state index contributed by atoms with van der Waals surface area (Å²) in [6, 6.07) is 83.7. The van der Waals surface area contributed by atoms with Crippen molar-refractivity contribution in [3.8, 4) is 39.1 Å². The van der Waals surface area contributed by atoms with Crippen LogP contribution >= 0.6 is 0 Å². The molecule has 0 radical (unpaired) electrons. The fraction of sp³-hybridized carbons (Fsp3) is 0. The van der Waals surface area contributed by atoms with Crippen molar-refractivity contribution in [2.45, 2.75) is 0 Å². The molecule has 0 saturated carbocycles. The molecule has 0 bridgehead atoms. The first-order chi connectivity index (χ1) is 28.8. The van der Waals surface area contributed by atoms with Crippen molar-refractivity contribution in [3.63, 3.8) is 0 Å². The number of aromatic nitrogens is 1. The summed E-state index contributed by atoms with van der Waals surface area (Å²) in [5.41, 5.74) is 14.0. The number of fused-ring (bicyclic) bond motifs is 6. The van der Waals surface area contributed by atoms with E-state index >= 15 is 0 Å². The number of benzene rings is 10. The molecule has 0 spiro atoms. The second-order valence-electron chi connectivity index (χ2n) is 14.9. The van der Waals surface area contributed by atoms with Crippen LogP contribution in [0.4, 0.5) is 17.1 Å². The van der Waals surface area contributed by atoms with Crippen LogP contribution in [0.1, 0.15) is 0 Å². The fourth-order valence-electron chi connectivity index (χ4n) is 8.96. The van der Waals surface area contributed by atoms with Gasteiger partial charge in [-0.3, -0.25) is 0 Å². The van der Waals surface area contributed by atoms with Gasteiger partial charge in [-0.05, 0) is 110 Å². The van der Waals surface area contributed by atoms with Crippen molar-refractivity contribution in [1.29, 1.82) is 0 Å². The van der Waals surface area contributed by atoms with Gasteiger partial charge in [-0.2, -0.15) is 0 Å². The Morgan fingerprint density at radius 3 is 1.74 bits per heavy atom. The molecule has 0 aliphatic rings. The van der Waals surface area contributed by atoms with Crippen molar-refractivity contribution in [3.05, 3.63) is 231 Å². The molecule has 2 nitrogen and oxygen atoms in total. The number of hydrogen-bond donors (Lipinski definition) is 0. The normalized spacial score (nSPS) is 11.4. The molecule has 0 unspecified atom stereocenters. The van der Waals surface area contributed by atoms with E-state index in [1.54, 1.807) is 0 Å². The average Bonchev–Trinajstić information content (AvgIpc) is 3.65. The first-order valence-corrected chi connectivity index (χ1v) is 19.9. The van der Waals surface area contributed by atoms with Crippen molar-refractivity contribution >= 4 is 60.4 Å². The van der Waals surface area contributed by atoms with E-state index in [-0.39, 0.29) is 0 Å². The van der Waals surface area contributed by atoms with E-state index in [1.165, 1.54) is 76.7 Å². The van der Waals surface area contributed by atoms with Crippen molar-refractivity contribution in [2.75, 3.05) is 4.90 Å². The van der Waals surface area contributed by atoms with Crippen LogP contribution in [0.25, 0.3) is 82.4 Å². The van der Waals surface area contributed by atoms with Crippen LogP contribution in [0.3, 0.4) is 0 Å². The molecule has 11 rings (SSSR count). The van der Waals surface area contributed by atoms with Gasteiger partial charge in [-0.15, -0.1) is 0 Å². The molecule has 0 N–H and O–H groups in total. The highest BCUT2D eigenvalue weighted by molar-refractivity contribution is 6.17. The second kappa shape index (κ2) is 14.1. The minimum Gasteiger partial charge on any atom is -0.310 e. The molecule has 0 aliphatic heterocycles. The van der Waals surface area contributed by atoms with Gasteiger partial charge in [-0.1, -0.05) is 170 Å². The first kappa shape index (κ1) is 33.6. The van der Waals surface area contributed by atoms with Crippen LogP contribution in [0.5, 0.6) is 0 Å². The maximum atomic E-state index is 2.43. The number of para-hydroxylation sites is 3. The van der Waals surface area contributed by atoms with Gasteiger partial charge >= 0.3 is 0 Å². The monoisotopic (exact) mass is 738 g/mol. The van der Waals surface area contributed by atoms with E-state index in [1.807, 2.05) is 0 Å². The predicted molar refractivity (Wildman–Crippen MR) is 247 cm³/mol. The topological polar surface area (TPSA) is 8.17 Å². The Morgan fingerprint density at radius 2 is 0.914 bits per heavy atom. The highest BCUT2D eigenvalue weighted by Crippen LogP contribution is 2.46. The summed E-state index contributed by atoms with van der Waals surface area (Å²) < 4.78 is 2.40. The molecule has 0 amide bonds. The number of anilines is 3. The maximum absolute atomic E-state index is 2.43. The smallest absolute Gasteiger partial charge is 0.0547 e. The molecule has 0 saturated heterocycles. The van der Waals surface area contributed by atoms with Gasteiger partial charge in [0.2, 0.25) is 0 Å². The van der Waals surface area contributed by atoms with Crippen LogP contribution < -0.4 is 4.90 Å². The van der Waals surface area contributed by atoms with E-state index in [9.17, 15) is 0 Å². The summed E-state index contributed by atoms with van der Waals surface area (Å²) in [6.07, 6.45) is 0. The van der Waals surface area contributed by atoms with E-state index in [0.29, 0.717) is 0 Å². The zero-order chi connectivity index (χ0) is 38.4. The van der Waals surface area contributed by atoms with Gasteiger partial charge in [0, 0.05) is 33.4 Å². The lowest BCUT2D eigenvalue weighted by Gasteiger charge is -2.29. The molecule has 10 aromatic carbocycles. The summed E-state index contributed by atoms with van der Waals surface area (Å²) in [4.78, 5) is 2.43. The van der Waals surface area contributed by atoms with E-state index < -0.39 is 0 Å². The summed E-state index contributed by atoms with van der Waals surface area (Å²) in [7, 11) is 0. The third-order valence-electron chi connectivity index (χ3n) is 11.6. The lowest BCUT2D eigenvalue weighted by molar-refractivity contribution is 1.18. The Kier molecular flexibility index (Phi) is 8.19. The molecule has 58 heavy (non-hydrogen) atoms. The van der Waals surface area contributed by atoms with Crippen LogP contribution in [-0.2, 0) is 0 Å². The molecule has 0 atom stereocenters. The summed E-state index contributed by atoms with van der Waals surface area (Å²) in [5.74, 6) is 0. The van der Waals surface area contributed by atoms with E-state index in [2.05, 4.69) is 240 Å². The molecule has 11 aromatic rings. The molecular formula is C56H38N2. The zero-order valence-electron chi connectivity index (χ0n) is 31.8. The molecule has 1 heterocycles. The van der Waals surface area contributed by atoms with Gasteiger partial charge in [0.05, 0.1) is 16.7 Å². The lowest BCUT2D eigenvalue weighted by Crippen LogP contribution is -2.11. The number of hydrogen-bond acceptors (Lipinski definition) is 1. The highest BCUT2D eigenvalue weighted by Gasteiger charge is 2.22. The Morgan fingerprint density at radius 1 is 0.310 bits per heavy atom. The van der Waals surface area contributed by atoms with E-state index in [0.717, 1.165) is 22.7 Å². The Hall–Kier alpha value is -7.68. The second-order valence-corrected chi connectivity index (χ2v) is 14.9. The van der Waals surface area contributed by atoms with Gasteiger partial charge in [0.25, 0.3) is 0 Å². The Balaban J connectivity index is 1.12. The number of nitrogens with zero attached hydrogens (tertiary/aromatic N) is 2. The largest absolute Gasteiger partial charge is 0.310 e. The standard InChI is InChI=1S/C56H38N2/c1-3-17-39(18-4-1)41-20-15-23-45(37-41)57(44-35-33-40(34-36-44)52-38-42-19-7-8-24-46(42)47-25-9-10-26-48(47)52)53-30-13-11-27-49(53)50-29-16-32-55-56(50)51-28-12-14-31-54(51)58(55)43-21-5-2-6-22-43/h1-38H. The molecule has 0 aliphatic carbocycles. The van der Waals surface area contributed by atoms with Crippen LogP contribution in [-0.4, -0.2) is 4.57 Å². The highest BCUT2D eigenvalue weighted by atomic mass is 15.1. The van der Waals surface area contributed by atoms with Crippen LogP contribution in [0.2, 0.25) is 0 Å². The average molecular weight is 739 g/mol. The Bertz CT molecular complexity index is 3270. The van der Waals surface area contributed by atoms with Gasteiger partial charge < -0.3 is 9.47 Å². The summed E-state index contributed by atoms with van der Waals surface area (Å²) >= 11 is 0. The third-order valence-corrected chi connectivity index (χ3v) is 11.6. The fourth-order valence-corrected chi connectivity index (χ4v) is 8.96. The molecule has 1 aromatic heterocycles. The molecular weight excluding hydrogens is 701 g/mol. The van der Waals surface area contributed by atoms with Crippen LogP contribution in [0, 0.1) is 0 Å². The molecule has 272 valence electrons. The molecule has 2 heteroatoms. The lowest BCUT2D eigenvalue weighted by atomic mass is 9.93. The van der Waals surface area contributed by atoms with Gasteiger partial charge in [0.1, 0.15) is 0 Å². The van der Waals surface area contributed by atoms with Crippen LogP contribution in [0.15, 0.2) is 231 Å². The zero-order valence-corrected chi connectivity index (χ0v) is 31.8. The van der Waals surface area contributed by atoms with E-state index in [4.69, 9.17) is 0 Å². The van der Waals surface area contributed by atoms with Crippen molar-refractivity contribution in [2.24, 2.45) is 0 Å². The Labute approximate surface area is 338 Å². The minimum atomic E-state index is 1.09. The number of rotatable bonds is 7. The summed E-state index contributed by atoms with van der Waals surface area (Å²) in [6.45, 7) is 0. The SMILES string of the molecule is c1ccc(-c2cccc(N(c3ccc(-c4cc5ccccc5c5ccccc45)cc3)c3ccccc3-c3cccc4c3c3ccccc3n4-c3ccccc3)c2)cc1. The van der Waals surface area contributed by atoms with Gasteiger partial charge in [0.15, 0.2) is 0 Å². The predicted octanol–water partition coefficient (Wildman–Crippen LogP) is 15.6. The summed E-state index contributed by atoms with van der Waals surface area (Å²) in [5, 5.41) is 7.53. The van der Waals surface area contributed by atoms with Gasteiger partial charge in [-0.25, -0.2) is 0 Å². The van der Waals surface area contributed by atoms with Crippen molar-refractivity contribution in [1.82, 2.24) is 4.57 Å². The first-order valence-electron chi connectivity index (χ1n) is 19.9. The maximum Gasteiger partial charge on any atom is 0.0547 e. The van der Waals surface area contributed by atoms with Crippen molar-refractivity contribution < 1.29 is 0 Å². The minimum absolute atomic E-state index is 1.09. The third kappa shape index (κ3) is 5.66. The molecule has 0 fully saturated rings. The quantitative estimate of drug-likeness (QED) is 0.148.